The fourth-order valence-electron chi connectivity index (χ4n) is 3.14. The number of fused-ring (bicyclic) bond motifs is 1. The van der Waals surface area contributed by atoms with Crippen LogP contribution in [0.1, 0.15) is 31.9 Å². The fourth-order valence-corrected chi connectivity index (χ4v) is 4.33. The predicted octanol–water partition coefficient (Wildman–Crippen LogP) is 3.15. The number of hydrogen-bond acceptors (Lipinski definition) is 3. The summed E-state index contributed by atoms with van der Waals surface area (Å²) in [5.41, 5.74) is 1.51. The highest BCUT2D eigenvalue weighted by atomic mass is 32.2. The second kappa shape index (κ2) is 5.86. The second-order valence-electron chi connectivity index (χ2n) is 6.05. The Kier molecular flexibility index (Phi) is 4.15. The Morgan fingerprint density at radius 3 is 3.00 bits per heavy atom. The molecule has 0 spiro atoms. The fraction of sp³-hybridized carbons (Fsp3) is 0.625. The number of nitrogens with one attached hydrogen (secondary N) is 1. The van der Waals surface area contributed by atoms with Crippen molar-refractivity contribution in [3.05, 3.63) is 29.8 Å². The van der Waals surface area contributed by atoms with Crippen LogP contribution < -0.4 is 5.32 Å². The van der Waals surface area contributed by atoms with Gasteiger partial charge in [-0.05, 0) is 50.9 Å². The van der Waals surface area contributed by atoms with Gasteiger partial charge >= 0.3 is 0 Å². The zero-order valence-electron chi connectivity index (χ0n) is 11.9. The summed E-state index contributed by atoms with van der Waals surface area (Å²) in [5, 5.41) is 3.79. The minimum absolute atomic E-state index is 0.564. The molecular formula is C16H24N2S. The largest absolute Gasteiger partial charge is 0.309 e. The van der Waals surface area contributed by atoms with Gasteiger partial charge in [0.2, 0.25) is 0 Å². The average Bonchev–Trinajstić information content (AvgIpc) is 3.03. The summed E-state index contributed by atoms with van der Waals surface area (Å²) in [6, 6.07) is 10.1. The van der Waals surface area contributed by atoms with Gasteiger partial charge in [0.25, 0.3) is 0 Å². The molecule has 0 radical (unpaired) electrons. The van der Waals surface area contributed by atoms with E-state index in [0.717, 1.165) is 5.92 Å². The van der Waals surface area contributed by atoms with Gasteiger partial charge in [0, 0.05) is 29.3 Å². The van der Waals surface area contributed by atoms with Crippen LogP contribution in [0.2, 0.25) is 0 Å². The molecule has 1 N–H and O–H groups in total. The highest BCUT2D eigenvalue weighted by Gasteiger charge is 2.27. The third-order valence-electron chi connectivity index (χ3n) is 4.40. The minimum atomic E-state index is 0.564. The van der Waals surface area contributed by atoms with Gasteiger partial charge in [-0.15, -0.1) is 11.8 Å². The van der Waals surface area contributed by atoms with Gasteiger partial charge in [0.05, 0.1) is 0 Å². The second-order valence-corrected chi connectivity index (χ2v) is 7.11. The van der Waals surface area contributed by atoms with E-state index in [9.17, 15) is 0 Å². The van der Waals surface area contributed by atoms with Crippen LogP contribution in [0.4, 0.5) is 0 Å². The average molecular weight is 276 g/mol. The maximum absolute atomic E-state index is 3.79. The van der Waals surface area contributed by atoms with Gasteiger partial charge in [0.15, 0.2) is 0 Å². The van der Waals surface area contributed by atoms with Crippen LogP contribution in [0, 0.1) is 5.92 Å². The lowest BCUT2D eigenvalue weighted by Gasteiger charge is -2.21. The first-order chi connectivity index (χ1) is 9.24. The van der Waals surface area contributed by atoms with Crippen LogP contribution >= 0.6 is 11.8 Å². The van der Waals surface area contributed by atoms with Gasteiger partial charge in [-0.25, -0.2) is 0 Å². The van der Waals surface area contributed by atoms with Crippen molar-refractivity contribution in [3.63, 3.8) is 0 Å². The molecular weight excluding hydrogens is 252 g/mol. The molecule has 19 heavy (non-hydrogen) atoms. The number of rotatable bonds is 4. The zero-order valence-corrected chi connectivity index (χ0v) is 12.7. The Hall–Kier alpha value is -0.510. The Balaban J connectivity index is 1.52. The Morgan fingerprint density at radius 2 is 2.21 bits per heavy atom. The molecule has 0 saturated carbocycles. The molecule has 2 aliphatic heterocycles. The van der Waals surface area contributed by atoms with Gasteiger partial charge in [-0.3, -0.25) is 0 Å². The molecule has 2 atom stereocenters. The summed E-state index contributed by atoms with van der Waals surface area (Å²) in [6.07, 6.45) is 1.35. The summed E-state index contributed by atoms with van der Waals surface area (Å²) < 4.78 is 0. The van der Waals surface area contributed by atoms with Crippen LogP contribution in [-0.2, 0) is 0 Å². The Labute approximate surface area is 121 Å². The minimum Gasteiger partial charge on any atom is -0.309 e. The maximum Gasteiger partial charge on any atom is 0.0426 e. The number of thioether (sulfide) groups is 1. The van der Waals surface area contributed by atoms with Crippen molar-refractivity contribution >= 4 is 11.8 Å². The van der Waals surface area contributed by atoms with Crippen molar-refractivity contribution in [2.75, 3.05) is 25.4 Å². The lowest BCUT2D eigenvalue weighted by molar-refractivity contribution is 0.263. The van der Waals surface area contributed by atoms with Gasteiger partial charge in [-0.2, -0.15) is 0 Å². The molecule has 0 amide bonds. The molecule has 1 fully saturated rings. The van der Waals surface area contributed by atoms with E-state index in [0.29, 0.717) is 12.1 Å². The third kappa shape index (κ3) is 2.99. The molecule has 3 rings (SSSR count). The smallest absolute Gasteiger partial charge is 0.0426 e. The van der Waals surface area contributed by atoms with Crippen LogP contribution in [0.3, 0.4) is 0 Å². The zero-order chi connectivity index (χ0) is 13.2. The molecule has 0 aliphatic carbocycles. The van der Waals surface area contributed by atoms with E-state index in [1.54, 1.807) is 0 Å². The quantitative estimate of drug-likeness (QED) is 0.909. The standard InChI is InChI=1S/C16H24N2S/c1-12(2)18-8-7-13(10-18)9-17-15-11-19-16-6-4-3-5-14(15)16/h3-6,12-13,15,17H,7-11H2,1-2H3. The van der Waals surface area contributed by atoms with E-state index in [4.69, 9.17) is 0 Å². The molecule has 2 heterocycles. The lowest BCUT2D eigenvalue weighted by atomic mass is 10.1. The highest BCUT2D eigenvalue weighted by Crippen LogP contribution is 2.37. The maximum atomic E-state index is 3.79. The van der Waals surface area contributed by atoms with Crippen molar-refractivity contribution in [2.24, 2.45) is 5.92 Å². The van der Waals surface area contributed by atoms with Crippen molar-refractivity contribution in [1.29, 1.82) is 0 Å². The molecule has 1 aromatic carbocycles. The molecule has 1 saturated heterocycles. The first-order valence-electron chi connectivity index (χ1n) is 7.43. The summed E-state index contributed by atoms with van der Waals surface area (Å²) in [4.78, 5) is 4.07. The predicted molar refractivity (Wildman–Crippen MR) is 82.7 cm³/mol. The number of hydrogen-bond donors (Lipinski definition) is 1. The first kappa shape index (κ1) is 13.5. The van der Waals surface area contributed by atoms with Gasteiger partial charge in [0.1, 0.15) is 0 Å². The molecule has 2 unspecified atom stereocenters. The molecule has 0 bridgehead atoms. The van der Waals surface area contributed by atoms with Crippen molar-refractivity contribution in [3.8, 4) is 0 Å². The Bertz CT molecular complexity index is 433. The summed E-state index contributed by atoms with van der Waals surface area (Å²) in [7, 11) is 0. The normalized spacial score (nSPS) is 27.1. The molecule has 104 valence electrons. The third-order valence-corrected chi connectivity index (χ3v) is 5.58. The van der Waals surface area contributed by atoms with Gasteiger partial charge in [-0.1, -0.05) is 18.2 Å². The summed E-state index contributed by atoms with van der Waals surface area (Å²) in [5.74, 6) is 2.03. The van der Waals surface area contributed by atoms with Crippen molar-refractivity contribution < 1.29 is 0 Å². The number of likely N-dealkylation sites (tertiary alicyclic amines) is 1. The Morgan fingerprint density at radius 1 is 1.37 bits per heavy atom. The molecule has 1 aromatic rings. The number of nitrogens with zero attached hydrogens (tertiary/aromatic N) is 1. The summed E-state index contributed by atoms with van der Waals surface area (Å²) >= 11 is 1.99. The van der Waals surface area contributed by atoms with E-state index in [-0.39, 0.29) is 0 Å². The van der Waals surface area contributed by atoms with E-state index >= 15 is 0 Å². The van der Waals surface area contributed by atoms with E-state index < -0.39 is 0 Å². The van der Waals surface area contributed by atoms with Crippen LogP contribution in [0.5, 0.6) is 0 Å². The van der Waals surface area contributed by atoms with Crippen molar-refractivity contribution in [2.45, 2.75) is 37.2 Å². The molecule has 3 heteroatoms. The topological polar surface area (TPSA) is 15.3 Å². The van der Waals surface area contributed by atoms with Gasteiger partial charge < -0.3 is 10.2 Å². The number of benzene rings is 1. The van der Waals surface area contributed by atoms with E-state index in [1.165, 1.54) is 42.3 Å². The molecule has 2 aliphatic rings. The highest BCUT2D eigenvalue weighted by molar-refractivity contribution is 7.99. The molecule has 2 nitrogen and oxygen atoms in total. The van der Waals surface area contributed by atoms with Crippen LogP contribution in [0.25, 0.3) is 0 Å². The van der Waals surface area contributed by atoms with E-state index in [1.807, 2.05) is 11.8 Å². The summed E-state index contributed by atoms with van der Waals surface area (Å²) in [6.45, 7) is 8.33. The lowest BCUT2D eigenvalue weighted by Crippen LogP contribution is -2.32. The SMILES string of the molecule is CC(C)N1CCC(CNC2CSc3ccccc32)C1. The monoisotopic (exact) mass is 276 g/mol. The molecule has 0 aromatic heterocycles. The van der Waals surface area contributed by atoms with Crippen LogP contribution in [0.15, 0.2) is 29.2 Å². The van der Waals surface area contributed by atoms with E-state index in [2.05, 4.69) is 48.3 Å². The van der Waals surface area contributed by atoms with Crippen LogP contribution in [-0.4, -0.2) is 36.3 Å². The first-order valence-corrected chi connectivity index (χ1v) is 8.41. The van der Waals surface area contributed by atoms with Crippen molar-refractivity contribution in [1.82, 2.24) is 10.2 Å².